The van der Waals surface area contributed by atoms with Crippen molar-refractivity contribution in [1.29, 1.82) is 0 Å². The Morgan fingerprint density at radius 1 is 1.08 bits per heavy atom. The zero-order valence-corrected chi connectivity index (χ0v) is 15.4. The summed E-state index contributed by atoms with van der Waals surface area (Å²) in [6.45, 7) is 10.3. The van der Waals surface area contributed by atoms with Crippen molar-refractivity contribution in [3.05, 3.63) is 39.6 Å². The van der Waals surface area contributed by atoms with Gasteiger partial charge in [-0.15, -0.1) is 0 Å². The molecule has 0 fully saturated rings. The summed E-state index contributed by atoms with van der Waals surface area (Å²) < 4.78 is 24.8. The molecule has 0 aromatic carbocycles. The van der Waals surface area contributed by atoms with Crippen molar-refractivity contribution >= 4 is 11.9 Å². The number of esters is 2. The number of carbonyl (C=O) groups is 2. The molecule has 0 saturated heterocycles. The molecule has 0 aliphatic carbocycles. The number of aromatic nitrogens is 1. The van der Waals surface area contributed by atoms with Gasteiger partial charge in [-0.25, -0.2) is 9.59 Å². The van der Waals surface area contributed by atoms with Crippen molar-refractivity contribution in [2.75, 3.05) is 13.2 Å². The number of dihydropyridines is 1. The number of ether oxygens (including phenoxy) is 2. The van der Waals surface area contributed by atoms with E-state index in [1.54, 1.807) is 41.5 Å². The molecule has 0 radical (unpaired) electrons. The fourth-order valence-corrected chi connectivity index (χ4v) is 2.91. The summed E-state index contributed by atoms with van der Waals surface area (Å²) in [6, 6.07) is 0. The quantitative estimate of drug-likeness (QED) is 0.817. The van der Waals surface area contributed by atoms with Gasteiger partial charge in [0.15, 0.2) is 0 Å². The summed E-state index contributed by atoms with van der Waals surface area (Å²) in [6.07, 6.45) is 0. The molecule has 7 nitrogen and oxygen atoms in total. The minimum atomic E-state index is -1.86. The van der Waals surface area contributed by atoms with E-state index >= 15 is 0 Å². The van der Waals surface area contributed by atoms with E-state index in [1.165, 1.54) is 0 Å². The van der Waals surface area contributed by atoms with Crippen LogP contribution in [0, 0.1) is 13.8 Å². The lowest BCUT2D eigenvalue weighted by atomic mass is 9.79. The lowest BCUT2D eigenvalue weighted by molar-refractivity contribution is -0.139. The first-order valence-electron chi connectivity index (χ1n) is 8.67. The Labute approximate surface area is 148 Å². The molecule has 136 valence electrons. The topological polar surface area (TPSA) is 90.7 Å². The summed E-state index contributed by atoms with van der Waals surface area (Å²) in [5.41, 5.74) is 1.66. The van der Waals surface area contributed by atoms with Gasteiger partial charge in [-0.05, 0) is 41.5 Å². The Morgan fingerprint density at radius 3 is 1.92 bits per heavy atom. The molecule has 0 unspecified atom stereocenters. The van der Waals surface area contributed by atoms with Crippen LogP contribution < -0.4 is 5.32 Å². The number of hydrogen-bond acceptors (Lipinski definition) is 7. The number of nitrogens with one attached hydrogen (secondary N) is 1. The Kier molecular flexibility index (Phi) is 5.21. The third kappa shape index (κ3) is 3.45. The molecule has 0 atom stereocenters. The van der Waals surface area contributed by atoms with Gasteiger partial charge in [-0.2, -0.15) is 0 Å². The third-order valence-electron chi connectivity index (χ3n) is 3.87. The zero-order valence-electron chi connectivity index (χ0n) is 16.4. The number of carbonyl (C=O) groups excluding carboxylic acids is 2. The van der Waals surface area contributed by atoms with E-state index in [-0.39, 0.29) is 24.4 Å². The highest BCUT2D eigenvalue weighted by molar-refractivity contribution is 6.00. The summed E-state index contributed by atoms with van der Waals surface area (Å²) >= 11 is 0. The van der Waals surface area contributed by atoms with E-state index in [0.717, 1.165) is 0 Å². The van der Waals surface area contributed by atoms with Crippen molar-refractivity contribution < 1.29 is 25.0 Å². The molecule has 25 heavy (non-hydrogen) atoms. The van der Waals surface area contributed by atoms with Crippen molar-refractivity contribution in [3.8, 4) is 0 Å². The fourth-order valence-electron chi connectivity index (χ4n) is 2.91. The Bertz CT molecular complexity index is 747. The van der Waals surface area contributed by atoms with Crippen LogP contribution in [0.4, 0.5) is 0 Å². The smallest absolute Gasteiger partial charge is 0.336 e. The molecular weight excluding hydrogens is 324 g/mol. The third-order valence-corrected chi connectivity index (χ3v) is 3.87. The zero-order chi connectivity index (χ0) is 19.6. The van der Waals surface area contributed by atoms with Gasteiger partial charge in [0.25, 0.3) is 0 Å². The molecule has 1 aliphatic heterocycles. The monoisotopic (exact) mass is 349 g/mol. The lowest BCUT2D eigenvalue weighted by Crippen LogP contribution is -2.33. The highest BCUT2D eigenvalue weighted by atomic mass is 16.5. The molecule has 2 rings (SSSR count). The molecule has 1 aromatic rings. The predicted octanol–water partition coefficient (Wildman–Crippen LogP) is 2.65. The highest BCUT2D eigenvalue weighted by Gasteiger charge is 2.40. The van der Waals surface area contributed by atoms with E-state index in [2.05, 4.69) is 10.5 Å². The number of nitrogens with zero attached hydrogens (tertiary/aromatic N) is 1. The standard InChI is InChI=1S/C18H24N2O5/c1-7-23-17(21)14-9(3)19-10(4)15(18(22)24-8-2)16(14)13-11(5)20-25-12(13)6/h16,19H,7-8H2,1-6H3/i16D. The van der Waals surface area contributed by atoms with Gasteiger partial charge in [0.05, 0.1) is 35.9 Å². The molecular formula is C18H24N2O5. The molecule has 1 N–H and O–H groups in total. The number of hydrogen-bond donors (Lipinski definition) is 1. The van der Waals surface area contributed by atoms with Crippen molar-refractivity contribution in [2.45, 2.75) is 47.4 Å². The van der Waals surface area contributed by atoms with Gasteiger partial charge in [0.2, 0.25) is 0 Å². The second kappa shape index (κ2) is 7.55. The summed E-state index contributed by atoms with van der Waals surface area (Å²) in [5.74, 6) is -2.86. The second-order valence-corrected chi connectivity index (χ2v) is 5.64. The first kappa shape index (κ1) is 17.3. The van der Waals surface area contributed by atoms with Gasteiger partial charge in [0.1, 0.15) is 5.76 Å². The highest BCUT2D eigenvalue weighted by Crippen LogP contribution is 2.41. The molecule has 1 aliphatic rings. The van der Waals surface area contributed by atoms with Crippen LogP contribution in [0.15, 0.2) is 27.1 Å². The van der Waals surface area contributed by atoms with Crippen molar-refractivity contribution in [2.24, 2.45) is 0 Å². The van der Waals surface area contributed by atoms with E-state index in [4.69, 9.17) is 14.0 Å². The predicted molar refractivity (Wildman–Crippen MR) is 90.5 cm³/mol. The normalized spacial score (nSPS) is 17.1. The minimum absolute atomic E-state index is 0.0161. The Balaban J connectivity index is 2.83. The van der Waals surface area contributed by atoms with Gasteiger partial charge >= 0.3 is 11.9 Å². The SMILES string of the molecule is [2H]C1(c2c(C)noc2C)C(C(=O)OCC)=C(C)NC(C)=C1C(=O)OCC. The van der Waals surface area contributed by atoms with Gasteiger partial charge < -0.3 is 19.3 Å². The molecule has 0 amide bonds. The van der Waals surface area contributed by atoms with E-state index in [0.29, 0.717) is 28.4 Å². The molecule has 0 bridgehead atoms. The maximum absolute atomic E-state index is 12.7. The van der Waals surface area contributed by atoms with Gasteiger partial charge in [-0.1, -0.05) is 5.16 Å². The van der Waals surface area contributed by atoms with E-state index in [1.807, 2.05) is 0 Å². The van der Waals surface area contributed by atoms with Crippen LogP contribution >= 0.6 is 0 Å². The van der Waals surface area contributed by atoms with Crippen LogP contribution in [0.3, 0.4) is 0 Å². The molecule has 0 spiro atoms. The van der Waals surface area contributed by atoms with Crippen LogP contribution in [0.2, 0.25) is 0 Å². The van der Waals surface area contributed by atoms with Gasteiger partial charge in [-0.3, -0.25) is 0 Å². The maximum atomic E-state index is 12.7. The van der Waals surface area contributed by atoms with E-state index < -0.39 is 17.8 Å². The van der Waals surface area contributed by atoms with Crippen LogP contribution in [-0.2, 0) is 19.1 Å². The average Bonchev–Trinajstić information content (AvgIpc) is 2.86. The first-order valence-corrected chi connectivity index (χ1v) is 8.17. The summed E-state index contributed by atoms with van der Waals surface area (Å²) in [4.78, 5) is 25.4. The lowest BCUT2D eigenvalue weighted by Gasteiger charge is -2.30. The van der Waals surface area contributed by atoms with Crippen LogP contribution in [0.1, 0.15) is 52.0 Å². The van der Waals surface area contributed by atoms with Crippen LogP contribution in [0.25, 0.3) is 0 Å². The first-order chi connectivity index (χ1) is 12.2. The summed E-state index contributed by atoms with van der Waals surface area (Å²) in [5, 5.41) is 6.90. The van der Waals surface area contributed by atoms with E-state index in [9.17, 15) is 11.0 Å². The van der Waals surface area contributed by atoms with Gasteiger partial charge in [0, 0.05) is 18.3 Å². The number of rotatable bonds is 5. The maximum Gasteiger partial charge on any atom is 0.336 e. The Morgan fingerprint density at radius 2 is 1.56 bits per heavy atom. The summed E-state index contributed by atoms with van der Waals surface area (Å²) in [7, 11) is 0. The molecule has 2 heterocycles. The van der Waals surface area contributed by atoms with Crippen molar-refractivity contribution in [1.82, 2.24) is 10.5 Å². The van der Waals surface area contributed by atoms with Crippen molar-refractivity contribution in [3.63, 3.8) is 0 Å². The Hall–Kier alpha value is -2.57. The minimum Gasteiger partial charge on any atom is -0.463 e. The fraction of sp³-hybridized carbons (Fsp3) is 0.500. The largest absolute Gasteiger partial charge is 0.463 e. The molecule has 0 saturated carbocycles. The van der Waals surface area contributed by atoms with Crippen LogP contribution in [0.5, 0.6) is 0 Å². The number of allylic oxidation sites excluding steroid dienone is 2. The van der Waals surface area contributed by atoms with Crippen LogP contribution in [-0.4, -0.2) is 30.3 Å². The molecule has 1 aromatic heterocycles. The average molecular weight is 349 g/mol. The molecule has 7 heteroatoms. The second-order valence-electron chi connectivity index (χ2n) is 5.64. The number of aryl methyl sites for hydroxylation is 2.